The van der Waals surface area contributed by atoms with Crippen molar-refractivity contribution < 1.29 is 12.8 Å². The number of sulfonamides is 1. The Kier molecular flexibility index (Phi) is 4.02. The number of nitrogens with zero attached hydrogens (tertiary/aromatic N) is 2. The van der Waals surface area contributed by atoms with E-state index < -0.39 is 20.7 Å². The molecule has 19 heavy (non-hydrogen) atoms. The van der Waals surface area contributed by atoms with Crippen molar-refractivity contribution in [2.24, 2.45) is 0 Å². The zero-order valence-electron chi connectivity index (χ0n) is 9.14. The molecule has 0 radical (unpaired) electrons. The molecule has 9 heteroatoms. The molecule has 0 aliphatic carbocycles. The van der Waals surface area contributed by atoms with Gasteiger partial charge in [0.05, 0.1) is 0 Å². The lowest BCUT2D eigenvalue weighted by molar-refractivity contribution is 0.569. The Morgan fingerprint density at radius 2 is 1.95 bits per heavy atom. The summed E-state index contributed by atoms with van der Waals surface area (Å²) in [7, 11) is -4.07. The summed E-state index contributed by atoms with van der Waals surface area (Å²) >= 11 is 8.57. The lowest BCUT2D eigenvalue weighted by Crippen LogP contribution is -2.15. The van der Waals surface area contributed by atoms with Gasteiger partial charge in [-0.15, -0.1) is 10.2 Å². The Hall–Kier alpha value is -1.25. The number of hydrogen-bond acceptors (Lipinski definition) is 4. The number of rotatable bonds is 3. The third-order valence-electron chi connectivity index (χ3n) is 2.05. The number of halogens is 3. The molecule has 5 nitrogen and oxygen atoms in total. The topological polar surface area (TPSA) is 72.0 Å². The van der Waals surface area contributed by atoms with Crippen LogP contribution in [0.25, 0.3) is 0 Å². The molecule has 1 aromatic carbocycles. The molecule has 2 rings (SSSR count). The van der Waals surface area contributed by atoms with Gasteiger partial charge < -0.3 is 0 Å². The molecule has 0 amide bonds. The Labute approximate surface area is 122 Å². The predicted octanol–water partition coefficient (Wildman–Crippen LogP) is 2.83. The first-order valence-corrected chi connectivity index (χ1v) is 7.51. The van der Waals surface area contributed by atoms with Crippen LogP contribution in [0.15, 0.2) is 39.7 Å². The molecule has 0 saturated heterocycles. The number of anilines is 1. The van der Waals surface area contributed by atoms with Gasteiger partial charge in [-0.25, -0.2) is 12.8 Å². The fourth-order valence-electron chi connectivity index (χ4n) is 1.26. The molecule has 100 valence electrons. The van der Waals surface area contributed by atoms with E-state index >= 15 is 0 Å². The van der Waals surface area contributed by atoms with Crippen molar-refractivity contribution in [3.63, 3.8) is 0 Å². The van der Waals surface area contributed by atoms with Crippen LogP contribution in [-0.2, 0) is 10.0 Å². The number of nitrogens with one attached hydrogen (secondary N) is 1. The van der Waals surface area contributed by atoms with Crippen LogP contribution in [0.3, 0.4) is 0 Å². The first-order chi connectivity index (χ1) is 8.88. The van der Waals surface area contributed by atoms with Gasteiger partial charge >= 0.3 is 0 Å². The summed E-state index contributed by atoms with van der Waals surface area (Å²) in [4.78, 5) is -0.479. The van der Waals surface area contributed by atoms with Crippen molar-refractivity contribution >= 4 is 43.4 Å². The summed E-state index contributed by atoms with van der Waals surface area (Å²) in [6.07, 6.45) is 0. The van der Waals surface area contributed by atoms with Crippen molar-refractivity contribution in [1.29, 1.82) is 0 Å². The minimum Gasteiger partial charge on any atom is -0.262 e. The van der Waals surface area contributed by atoms with E-state index in [9.17, 15) is 12.8 Å². The van der Waals surface area contributed by atoms with Crippen LogP contribution in [0.1, 0.15) is 0 Å². The quantitative estimate of drug-likeness (QED) is 0.906. The fraction of sp³-hybridized carbons (Fsp3) is 0. The van der Waals surface area contributed by atoms with Gasteiger partial charge in [0.25, 0.3) is 10.0 Å². The Balaban J connectivity index is 2.35. The minimum absolute atomic E-state index is 0.0493. The van der Waals surface area contributed by atoms with E-state index in [0.717, 1.165) is 12.1 Å². The maximum atomic E-state index is 13.6. The molecule has 2 aromatic rings. The summed E-state index contributed by atoms with van der Waals surface area (Å²) in [6.45, 7) is 0. The normalized spacial score (nSPS) is 11.3. The van der Waals surface area contributed by atoms with Gasteiger partial charge in [0.2, 0.25) is 0 Å². The van der Waals surface area contributed by atoms with E-state index in [-0.39, 0.29) is 11.0 Å². The Bertz CT molecular complexity index is 709. The van der Waals surface area contributed by atoms with Gasteiger partial charge in [-0.05, 0) is 30.3 Å². The largest absolute Gasteiger partial charge is 0.266 e. The maximum Gasteiger partial charge on any atom is 0.266 e. The van der Waals surface area contributed by atoms with Crippen molar-refractivity contribution in [3.8, 4) is 0 Å². The van der Waals surface area contributed by atoms with Crippen LogP contribution in [0.4, 0.5) is 10.2 Å². The second-order valence-electron chi connectivity index (χ2n) is 3.42. The summed E-state index contributed by atoms with van der Waals surface area (Å²) in [6, 6.07) is 6.31. The van der Waals surface area contributed by atoms with Gasteiger partial charge in [0.15, 0.2) is 11.0 Å². The van der Waals surface area contributed by atoms with Crippen LogP contribution in [0.2, 0.25) is 5.15 Å². The lowest BCUT2D eigenvalue weighted by atomic mass is 10.3. The van der Waals surface area contributed by atoms with E-state index in [0.29, 0.717) is 4.47 Å². The first kappa shape index (κ1) is 14.2. The van der Waals surface area contributed by atoms with Crippen LogP contribution in [-0.4, -0.2) is 18.6 Å². The molecule has 1 N–H and O–H groups in total. The molecular formula is C10H6BrClFN3O2S. The summed E-state index contributed by atoms with van der Waals surface area (Å²) in [5.74, 6) is -0.921. The van der Waals surface area contributed by atoms with E-state index in [4.69, 9.17) is 11.6 Å². The third-order valence-corrected chi connectivity index (χ3v) is 4.14. The third kappa shape index (κ3) is 3.40. The van der Waals surface area contributed by atoms with Gasteiger partial charge in [-0.1, -0.05) is 27.5 Å². The molecule has 0 unspecified atom stereocenters. The molecule has 0 bridgehead atoms. The number of benzene rings is 1. The Morgan fingerprint density at radius 3 is 2.53 bits per heavy atom. The van der Waals surface area contributed by atoms with Gasteiger partial charge in [-0.3, -0.25) is 4.72 Å². The van der Waals surface area contributed by atoms with E-state index in [1.165, 1.54) is 18.2 Å². The maximum absolute atomic E-state index is 13.6. The van der Waals surface area contributed by atoms with Crippen molar-refractivity contribution in [1.82, 2.24) is 10.2 Å². The zero-order chi connectivity index (χ0) is 14.0. The molecule has 0 saturated carbocycles. The molecule has 1 heterocycles. The van der Waals surface area contributed by atoms with Gasteiger partial charge in [0, 0.05) is 4.47 Å². The molecular weight excluding hydrogens is 361 g/mol. The molecule has 0 atom stereocenters. The highest BCUT2D eigenvalue weighted by Crippen LogP contribution is 2.21. The standard InChI is InChI=1S/C10H6BrClFN3O2S/c11-6-1-2-8(7(13)5-6)19(17,18)16-10-4-3-9(12)14-15-10/h1-5H,(H,15,16). The highest BCUT2D eigenvalue weighted by Gasteiger charge is 2.19. The fourth-order valence-corrected chi connectivity index (χ4v) is 2.75. The van der Waals surface area contributed by atoms with Crippen LogP contribution < -0.4 is 4.72 Å². The average Bonchev–Trinajstić information content (AvgIpc) is 2.31. The van der Waals surface area contributed by atoms with E-state index in [1.54, 1.807) is 0 Å². The highest BCUT2D eigenvalue weighted by atomic mass is 79.9. The van der Waals surface area contributed by atoms with Crippen LogP contribution in [0.5, 0.6) is 0 Å². The minimum atomic E-state index is -4.07. The predicted molar refractivity (Wildman–Crippen MR) is 72.0 cm³/mol. The summed E-state index contributed by atoms with van der Waals surface area (Å²) in [5.41, 5.74) is 0. The monoisotopic (exact) mass is 365 g/mol. The van der Waals surface area contributed by atoms with Gasteiger partial charge in [0.1, 0.15) is 10.7 Å². The second-order valence-corrected chi connectivity index (χ2v) is 6.38. The molecule has 0 aliphatic rings. The number of hydrogen-bond donors (Lipinski definition) is 1. The number of aromatic nitrogens is 2. The van der Waals surface area contributed by atoms with Crippen LogP contribution >= 0.6 is 27.5 Å². The molecule has 0 fully saturated rings. The SMILES string of the molecule is O=S(=O)(Nc1ccc(Cl)nn1)c1ccc(Br)cc1F. The smallest absolute Gasteiger partial charge is 0.262 e. The van der Waals surface area contributed by atoms with Crippen molar-refractivity contribution in [2.75, 3.05) is 4.72 Å². The van der Waals surface area contributed by atoms with Crippen molar-refractivity contribution in [2.45, 2.75) is 4.90 Å². The molecule has 0 spiro atoms. The second kappa shape index (κ2) is 5.40. The Morgan fingerprint density at radius 1 is 1.21 bits per heavy atom. The molecule has 0 aliphatic heterocycles. The molecule has 1 aromatic heterocycles. The first-order valence-electron chi connectivity index (χ1n) is 4.85. The van der Waals surface area contributed by atoms with Crippen LogP contribution in [0, 0.1) is 5.82 Å². The summed E-state index contributed by atoms with van der Waals surface area (Å²) < 4.78 is 40.1. The van der Waals surface area contributed by atoms with E-state index in [2.05, 4.69) is 30.8 Å². The average molecular weight is 367 g/mol. The zero-order valence-corrected chi connectivity index (χ0v) is 12.3. The highest BCUT2D eigenvalue weighted by molar-refractivity contribution is 9.10. The van der Waals surface area contributed by atoms with Crippen molar-refractivity contribution in [3.05, 3.63) is 45.8 Å². The van der Waals surface area contributed by atoms with Gasteiger partial charge in [-0.2, -0.15) is 0 Å². The summed E-state index contributed by atoms with van der Waals surface area (Å²) in [5, 5.41) is 7.14. The van der Waals surface area contributed by atoms with E-state index in [1.807, 2.05) is 0 Å². The lowest BCUT2D eigenvalue weighted by Gasteiger charge is -2.07.